The van der Waals surface area contributed by atoms with Gasteiger partial charge in [-0.25, -0.2) is 0 Å². The predicted molar refractivity (Wildman–Crippen MR) is 86.6 cm³/mol. The van der Waals surface area contributed by atoms with E-state index in [-0.39, 0.29) is 11.8 Å². The Bertz CT molecular complexity index is 487. The summed E-state index contributed by atoms with van der Waals surface area (Å²) in [6.45, 7) is 5.47. The molecule has 0 bridgehead atoms. The monoisotopic (exact) mass is 305 g/mol. The molecule has 2 unspecified atom stereocenters. The van der Waals surface area contributed by atoms with Crippen LogP contribution in [0.4, 0.5) is 0 Å². The summed E-state index contributed by atoms with van der Waals surface area (Å²) in [5.41, 5.74) is 0.979. The minimum Gasteiger partial charge on any atom is -0.493 e. The van der Waals surface area contributed by atoms with Crippen molar-refractivity contribution in [1.29, 1.82) is 0 Å². The molecule has 0 radical (unpaired) electrons. The molecular weight excluding hydrogens is 278 g/mol. The Kier molecular flexibility index (Phi) is 6.25. The van der Waals surface area contributed by atoms with Gasteiger partial charge in [0.25, 0.3) is 0 Å². The molecule has 0 aliphatic heterocycles. The highest BCUT2D eigenvalue weighted by molar-refractivity contribution is 5.79. The molecular formula is C18H27NO3. The first-order valence-electron chi connectivity index (χ1n) is 8.24. The lowest BCUT2D eigenvalue weighted by Gasteiger charge is -2.16. The van der Waals surface area contributed by atoms with E-state index in [1.165, 1.54) is 0 Å². The molecule has 0 spiro atoms. The molecule has 122 valence electrons. The van der Waals surface area contributed by atoms with Crippen LogP contribution in [0, 0.1) is 11.8 Å². The minimum absolute atomic E-state index is 0.0537. The van der Waals surface area contributed by atoms with Gasteiger partial charge in [0.2, 0.25) is 5.91 Å². The highest BCUT2D eigenvalue weighted by Crippen LogP contribution is 2.26. The third-order valence-electron chi connectivity index (χ3n) is 4.19. The second-order valence-corrected chi connectivity index (χ2v) is 6.46. The summed E-state index contributed by atoms with van der Waals surface area (Å²) < 4.78 is 5.83. The molecule has 2 rings (SSSR count). The standard InChI is InChI=1S/C18H27NO3/c1-13(2)10-11-22-17-9-4-3-6-14(17)12-19-18(21)15-7-5-8-16(15)20/h3-4,6,9,13,15-16,20H,5,7-8,10-12H2,1-2H3,(H,19,21). The van der Waals surface area contributed by atoms with E-state index in [0.29, 0.717) is 19.1 Å². The summed E-state index contributed by atoms with van der Waals surface area (Å²) in [5.74, 6) is 1.13. The first-order valence-corrected chi connectivity index (χ1v) is 8.24. The van der Waals surface area contributed by atoms with E-state index < -0.39 is 6.10 Å². The number of aliphatic hydroxyl groups is 1. The van der Waals surface area contributed by atoms with Crippen LogP contribution in [0.25, 0.3) is 0 Å². The maximum atomic E-state index is 12.1. The number of carbonyl (C=O) groups excluding carboxylic acids is 1. The second-order valence-electron chi connectivity index (χ2n) is 6.46. The third kappa shape index (κ3) is 4.73. The molecule has 1 aromatic carbocycles. The van der Waals surface area contributed by atoms with Crippen LogP contribution in [0.2, 0.25) is 0 Å². The molecule has 1 amide bonds. The molecule has 4 heteroatoms. The van der Waals surface area contributed by atoms with Gasteiger partial charge >= 0.3 is 0 Å². The summed E-state index contributed by atoms with van der Waals surface area (Å²) in [4.78, 5) is 12.1. The van der Waals surface area contributed by atoms with Crippen LogP contribution in [-0.2, 0) is 11.3 Å². The molecule has 1 aromatic rings. The number of benzene rings is 1. The molecule has 22 heavy (non-hydrogen) atoms. The predicted octanol–water partition coefficient (Wildman–Crippen LogP) is 2.89. The van der Waals surface area contributed by atoms with Gasteiger partial charge in [0.1, 0.15) is 5.75 Å². The Labute approximate surface area is 132 Å². The van der Waals surface area contributed by atoms with E-state index in [0.717, 1.165) is 37.0 Å². The Balaban J connectivity index is 1.88. The van der Waals surface area contributed by atoms with Crippen molar-refractivity contribution in [2.45, 2.75) is 52.2 Å². The molecule has 0 heterocycles. The van der Waals surface area contributed by atoms with Gasteiger partial charge in [0.05, 0.1) is 18.6 Å². The second kappa shape index (κ2) is 8.18. The minimum atomic E-state index is -0.488. The number of nitrogens with one attached hydrogen (secondary N) is 1. The smallest absolute Gasteiger partial charge is 0.225 e. The number of hydrogen-bond donors (Lipinski definition) is 2. The quantitative estimate of drug-likeness (QED) is 0.814. The van der Waals surface area contributed by atoms with Crippen molar-refractivity contribution in [2.24, 2.45) is 11.8 Å². The molecule has 1 aliphatic rings. The number of carbonyl (C=O) groups is 1. The van der Waals surface area contributed by atoms with Gasteiger partial charge in [-0.1, -0.05) is 32.0 Å². The normalized spacial score (nSPS) is 21.1. The van der Waals surface area contributed by atoms with E-state index in [9.17, 15) is 9.90 Å². The number of amides is 1. The van der Waals surface area contributed by atoms with Crippen LogP contribution in [0.15, 0.2) is 24.3 Å². The summed E-state index contributed by atoms with van der Waals surface area (Å²) >= 11 is 0. The molecule has 2 atom stereocenters. The molecule has 1 fully saturated rings. The van der Waals surface area contributed by atoms with Crippen LogP contribution < -0.4 is 10.1 Å². The Morgan fingerprint density at radius 2 is 2.14 bits per heavy atom. The van der Waals surface area contributed by atoms with Gasteiger partial charge in [-0.05, 0) is 37.7 Å². The Morgan fingerprint density at radius 3 is 2.82 bits per heavy atom. The maximum Gasteiger partial charge on any atom is 0.225 e. The molecule has 0 aromatic heterocycles. The average molecular weight is 305 g/mol. The van der Waals surface area contributed by atoms with Crippen molar-refractivity contribution in [3.05, 3.63) is 29.8 Å². The van der Waals surface area contributed by atoms with E-state index in [4.69, 9.17) is 4.74 Å². The Hall–Kier alpha value is -1.55. The van der Waals surface area contributed by atoms with Crippen LogP contribution in [-0.4, -0.2) is 23.7 Å². The first-order chi connectivity index (χ1) is 10.6. The molecule has 1 aliphatic carbocycles. The number of aliphatic hydroxyl groups excluding tert-OH is 1. The van der Waals surface area contributed by atoms with Gasteiger partial charge in [-0.15, -0.1) is 0 Å². The largest absolute Gasteiger partial charge is 0.493 e. The highest BCUT2D eigenvalue weighted by Gasteiger charge is 2.31. The zero-order valence-corrected chi connectivity index (χ0v) is 13.5. The van der Waals surface area contributed by atoms with Crippen LogP contribution in [0.1, 0.15) is 45.1 Å². The van der Waals surface area contributed by atoms with Gasteiger partial charge in [0, 0.05) is 12.1 Å². The molecule has 0 saturated heterocycles. The SMILES string of the molecule is CC(C)CCOc1ccccc1CNC(=O)C1CCCC1O. The number of hydrogen-bond acceptors (Lipinski definition) is 3. The summed E-state index contributed by atoms with van der Waals surface area (Å²) in [5, 5.41) is 12.7. The lowest BCUT2D eigenvalue weighted by molar-refractivity contribution is -0.127. The lowest BCUT2D eigenvalue weighted by Crippen LogP contribution is -2.34. The zero-order valence-electron chi connectivity index (χ0n) is 13.5. The van der Waals surface area contributed by atoms with Gasteiger partial charge < -0.3 is 15.2 Å². The summed E-state index contributed by atoms with van der Waals surface area (Å²) in [6, 6.07) is 7.79. The molecule has 4 nitrogen and oxygen atoms in total. The van der Waals surface area contributed by atoms with Crippen molar-refractivity contribution < 1.29 is 14.6 Å². The van der Waals surface area contributed by atoms with Crippen molar-refractivity contribution in [3.63, 3.8) is 0 Å². The molecule has 2 N–H and O–H groups in total. The van der Waals surface area contributed by atoms with E-state index in [1.807, 2.05) is 24.3 Å². The third-order valence-corrected chi connectivity index (χ3v) is 4.19. The van der Waals surface area contributed by atoms with E-state index in [2.05, 4.69) is 19.2 Å². The number of ether oxygens (including phenoxy) is 1. The van der Waals surface area contributed by atoms with E-state index in [1.54, 1.807) is 0 Å². The lowest BCUT2D eigenvalue weighted by atomic mass is 10.1. The van der Waals surface area contributed by atoms with Crippen LogP contribution >= 0.6 is 0 Å². The topological polar surface area (TPSA) is 58.6 Å². The Morgan fingerprint density at radius 1 is 1.36 bits per heavy atom. The van der Waals surface area contributed by atoms with Crippen LogP contribution in [0.5, 0.6) is 5.75 Å². The van der Waals surface area contributed by atoms with E-state index >= 15 is 0 Å². The first kappa shape index (κ1) is 16.8. The fourth-order valence-electron chi connectivity index (χ4n) is 2.76. The van der Waals surface area contributed by atoms with Gasteiger partial charge in [-0.2, -0.15) is 0 Å². The summed E-state index contributed by atoms with van der Waals surface area (Å²) in [6.07, 6.45) is 2.95. The van der Waals surface area contributed by atoms with Crippen LogP contribution in [0.3, 0.4) is 0 Å². The summed E-state index contributed by atoms with van der Waals surface area (Å²) in [7, 11) is 0. The fraction of sp³-hybridized carbons (Fsp3) is 0.611. The number of para-hydroxylation sites is 1. The fourth-order valence-corrected chi connectivity index (χ4v) is 2.76. The number of rotatable bonds is 7. The van der Waals surface area contributed by atoms with Crippen molar-refractivity contribution >= 4 is 5.91 Å². The van der Waals surface area contributed by atoms with Crippen molar-refractivity contribution in [1.82, 2.24) is 5.32 Å². The van der Waals surface area contributed by atoms with Gasteiger partial charge in [-0.3, -0.25) is 4.79 Å². The molecule has 1 saturated carbocycles. The van der Waals surface area contributed by atoms with Crippen molar-refractivity contribution in [3.8, 4) is 5.75 Å². The highest BCUT2D eigenvalue weighted by atomic mass is 16.5. The zero-order chi connectivity index (χ0) is 15.9. The average Bonchev–Trinajstić information content (AvgIpc) is 2.92. The maximum absolute atomic E-state index is 12.1. The van der Waals surface area contributed by atoms with Gasteiger partial charge in [0.15, 0.2) is 0 Å². The van der Waals surface area contributed by atoms with Crippen molar-refractivity contribution in [2.75, 3.05) is 6.61 Å².